The Morgan fingerprint density at radius 2 is 1.79 bits per heavy atom. The van der Waals surface area contributed by atoms with E-state index in [0.717, 1.165) is 4.90 Å². The molecule has 0 bridgehead atoms. The largest absolute Gasteiger partial charge is 0.493 e. The third-order valence-corrected chi connectivity index (χ3v) is 3.88. The van der Waals surface area contributed by atoms with Gasteiger partial charge < -0.3 is 9.47 Å². The molecule has 1 aliphatic heterocycles. The molecule has 8 nitrogen and oxygen atoms in total. The van der Waals surface area contributed by atoms with Crippen molar-refractivity contribution in [3.8, 4) is 11.5 Å². The normalized spacial score (nSPS) is 15.8. The summed E-state index contributed by atoms with van der Waals surface area (Å²) in [5.74, 6) is -0.468. The zero-order valence-corrected chi connectivity index (χ0v) is 15.6. The molecule has 3 rings (SSSR count). The predicted molar refractivity (Wildman–Crippen MR) is 102 cm³/mol. The number of imide groups is 2. The first-order valence-electron chi connectivity index (χ1n) is 8.57. The maximum absolute atomic E-state index is 12.8. The number of urea groups is 1. The lowest BCUT2D eigenvalue weighted by Crippen LogP contribution is -2.54. The van der Waals surface area contributed by atoms with Crippen LogP contribution in [0.5, 0.6) is 11.5 Å². The Morgan fingerprint density at radius 3 is 2.43 bits per heavy atom. The van der Waals surface area contributed by atoms with Gasteiger partial charge in [-0.3, -0.25) is 19.9 Å². The molecule has 1 aromatic carbocycles. The lowest BCUT2D eigenvalue weighted by Gasteiger charge is -2.26. The van der Waals surface area contributed by atoms with Gasteiger partial charge in [-0.05, 0) is 49.8 Å². The van der Waals surface area contributed by atoms with Crippen LogP contribution in [0.25, 0.3) is 6.08 Å². The average Bonchev–Trinajstić information content (AvgIpc) is 2.66. The monoisotopic (exact) mass is 381 g/mol. The smallest absolute Gasteiger partial charge is 0.335 e. The number of pyridine rings is 1. The van der Waals surface area contributed by atoms with Gasteiger partial charge in [0.2, 0.25) is 0 Å². The van der Waals surface area contributed by atoms with Gasteiger partial charge in [0, 0.05) is 12.4 Å². The molecular weight excluding hydrogens is 362 g/mol. The topological polar surface area (TPSA) is 97.8 Å². The molecule has 1 aromatic heterocycles. The van der Waals surface area contributed by atoms with E-state index in [2.05, 4.69) is 10.3 Å². The van der Waals surface area contributed by atoms with Crippen molar-refractivity contribution in [2.45, 2.75) is 20.0 Å². The van der Waals surface area contributed by atoms with Crippen molar-refractivity contribution < 1.29 is 23.9 Å². The van der Waals surface area contributed by atoms with E-state index in [1.165, 1.54) is 37.7 Å². The first kappa shape index (κ1) is 19.1. The standard InChI is InChI=1S/C20H19N3O5/c1-12(2)28-16-5-4-13(11-17(16)27-3)10-15-18(24)22-20(26)23(19(15)25)14-6-8-21-9-7-14/h4-12H,1-3H3,(H,22,24,26)/b15-10+. The van der Waals surface area contributed by atoms with Crippen LogP contribution in [0.2, 0.25) is 0 Å². The van der Waals surface area contributed by atoms with Gasteiger partial charge >= 0.3 is 6.03 Å². The number of anilines is 1. The Morgan fingerprint density at radius 1 is 1.07 bits per heavy atom. The lowest BCUT2D eigenvalue weighted by molar-refractivity contribution is -0.122. The van der Waals surface area contributed by atoms with Crippen molar-refractivity contribution in [3.63, 3.8) is 0 Å². The number of methoxy groups -OCH3 is 1. The summed E-state index contributed by atoms with van der Waals surface area (Å²) in [6.07, 6.45) is 4.27. The molecule has 2 aromatic rings. The number of hydrogen-bond acceptors (Lipinski definition) is 6. The summed E-state index contributed by atoms with van der Waals surface area (Å²) in [5, 5.41) is 2.18. The molecule has 1 fully saturated rings. The fourth-order valence-corrected chi connectivity index (χ4v) is 2.68. The van der Waals surface area contributed by atoms with E-state index in [-0.39, 0.29) is 11.7 Å². The molecule has 0 unspecified atom stereocenters. The molecule has 1 N–H and O–H groups in total. The molecule has 0 aliphatic carbocycles. The highest BCUT2D eigenvalue weighted by molar-refractivity contribution is 6.39. The van der Waals surface area contributed by atoms with Crippen LogP contribution in [0.1, 0.15) is 19.4 Å². The van der Waals surface area contributed by atoms with Crippen LogP contribution in [0.3, 0.4) is 0 Å². The second-order valence-corrected chi connectivity index (χ2v) is 6.24. The minimum absolute atomic E-state index is 0.0382. The Labute approximate surface area is 161 Å². The van der Waals surface area contributed by atoms with Crippen molar-refractivity contribution in [2.24, 2.45) is 0 Å². The number of rotatable bonds is 5. The van der Waals surface area contributed by atoms with Crippen LogP contribution in [-0.4, -0.2) is 36.0 Å². The minimum atomic E-state index is -0.809. The zero-order chi connectivity index (χ0) is 20.3. The molecule has 2 heterocycles. The maximum Gasteiger partial charge on any atom is 0.335 e. The fraction of sp³-hybridized carbons (Fsp3) is 0.200. The Balaban J connectivity index is 1.97. The van der Waals surface area contributed by atoms with Gasteiger partial charge in [-0.15, -0.1) is 0 Å². The van der Waals surface area contributed by atoms with Gasteiger partial charge in [-0.25, -0.2) is 9.69 Å². The second kappa shape index (κ2) is 7.91. The summed E-state index contributed by atoms with van der Waals surface area (Å²) < 4.78 is 11.0. The number of nitrogens with one attached hydrogen (secondary N) is 1. The highest BCUT2D eigenvalue weighted by Crippen LogP contribution is 2.30. The van der Waals surface area contributed by atoms with Crippen molar-refractivity contribution >= 4 is 29.6 Å². The predicted octanol–water partition coefficient (Wildman–Crippen LogP) is 2.54. The second-order valence-electron chi connectivity index (χ2n) is 6.24. The summed E-state index contributed by atoms with van der Waals surface area (Å²) in [4.78, 5) is 42.0. The Kier molecular flexibility index (Phi) is 5.39. The Hall–Kier alpha value is -3.68. The number of carbonyl (C=O) groups excluding carboxylic acids is 3. The van der Waals surface area contributed by atoms with Crippen molar-refractivity contribution in [1.82, 2.24) is 10.3 Å². The van der Waals surface area contributed by atoms with Gasteiger partial charge in [0.1, 0.15) is 5.57 Å². The van der Waals surface area contributed by atoms with E-state index in [0.29, 0.717) is 22.7 Å². The number of barbiturate groups is 1. The Bertz CT molecular complexity index is 954. The molecule has 1 aliphatic rings. The highest BCUT2D eigenvalue weighted by Gasteiger charge is 2.36. The summed E-state index contributed by atoms with van der Waals surface area (Å²) in [6.45, 7) is 3.79. The number of benzene rings is 1. The highest BCUT2D eigenvalue weighted by atomic mass is 16.5. The van der Waals surface area contributed by atoms with Crippen LogP contribution in [-0.2, 0) is 9.59 Å². The van der Waals surface area contributed by atoms with E-state index in [9.17, 15) is 14.4 Å². The summed E-state index contributed by atoms with van der Waals surface area (Å²) in [5.41, 5.74) is 0.695. The van der Waals surface area contributed by atoms with Crippen molar-refractivity contribution in [1.29, 1.82) is 0 Å². The molecular formula is C20H19N3O5. The number of ether oxygens (including phenoxy) is 2. The van der Waals surface area contributed by atoms with E-state index >= 15 is 0 Å². The zero-order valence-electron chi connectivity index (χ0n) is 15.6. The molecule has 1 saturated heterocycles. The van der Waals surface area contributed by atoms with Crippen LogP contribution in [0.15, 0.2) is 48.3 Å². The number of hydrogen-bond donors (Lipinski definition) is 1. The quantitative estimate of drug-likeness (QED) is 0.631. The van der Waals surface area contributed by atoms with E-state index in [1.807, 2.05) is 13.8 Å². The van der Waals surface area contributed by atoms with Crippen LogP contribution < -0.4 is 19.7 Å². The van der Waals surface area contributed by atoms with E-state index in [4.69, 9.17) is 9.47 Å². The first-order chi connectivity index (χ1) is 13.4. The molecule has 0 atom stereocenters. The lowest BCUT2D eigenvalue weighted by atomic mass is 10.1. The van der Waals surface area contributed by atoms with Gasteiger partial charge in [-0.2, -0.15) is 0 Å². The third-order valence-electron chi connectivity index (χ3n) is 3.88. The van der Waals surface area contributed by atoms with E-state index in [1.54, 1.807) is 18.2 Å². The number of amides is 4. The number of nitrogens with zero attached hydrogens (tertiary/aromatic N) is 2. The van der Waals surface area contributed by atoms with Gasteiger partial charge in [-0.1, -0.05) is 6.07 Å². The van der Waals surface area contributed by atoms with Crippen LogP contribution in [0.4, 0.5) is 10.5 Å². The van der Waals surface area contributed by atoms with Gasteiger partial charge in [0.15, 0.2) is 11.5 Å². The summed E-state index contributed by atoms with van der Waals surface area (Å²) >= 11 is 0. The van der Waals surface area contributed by atoms with Crippen LogP contribution >= 0.6 is 0 Å². The first-order valence-corrected chi connectivity index (χ1v) is 8.57. The van der Waals surface area contributed by atoms with E-state index < -0.39 is 17.8 Å². The van der Waals surface area contributed by atoms with Crippen molar-refractivity contribution in [2.75, 3.05) is 12.0 Å². The minimum Gasteiger partial charge on any atom is -0.493 e. The molecule has 0 spiro atoms. The number of aromatic nitrogens is 1. The van der Waals surface area contributed by atoms with Crippen LogP contribution in [0, 0.1) is 0 Å². The maximum atomic E-state index is 12.8. The average molecular weight is 381 g/mol. The fourth-order valence-electron chi connectivity index (χ4n) is 2.68. The molecule has 8 heteroatoms. The third kappa shape index (κ3) is 3.85. The molecule has 0 radical (unpaired) electrons. The van der Waals surface area contributed by atoms with Gasteiger partial charge in [0.05, 0.1) is 18.9 Å². The SMILES string of the molecule is COc1cc(/C=C2\C(=O)NC(=O)N(c3ccncc3)C2=O)ccc1OC(C)C. The molecule has 4 amide bonds. The summed E-state index contributed by atoms with van der Waals surface area (Å²) in [7, 11) is 1.50. The van der Waals surface area contributed by atoms with Crippen molar-refractivity contribution in [3.05, 3.63) is 53.9 Å². The number of carbonyl (C=O) groups is 3. The van der Waals surface area contributed by atoms with Gasteiger partial charge in [0.25, 0.3) is 11.8 Å². The molecule has 144 valence electrons. The molecule has 28 heavy (non-hydrogen) atoms. The molecule has 0 saturated carbocycles. The summed E-state index contributed by atoms with van der Waals surface area (Å²) in [6, 6.07) is 7.25.